The molecule has 0 fully saturated rings. The fourth-order valence-electron chi connectivity index (χ4n) is 2.94. The summed E-state index contributed by atoms with van der Waals surface area (Å²) in [4.78, 5) is 2.47. The molecule has 1 aliphatic rings. The Balaban J connectivity index is 2.26. The lowest BCUT2D eigenvalue weighted by molar-refractivity contribution is 0.0574. The van der Waals surface area contributed by atoms with Crippen LogP contribution in [0, 0.1) is 0 Å². The van der Waals surface area contributed by atoms with Gasteiger partial charge in [0.25, 0.3) is 0 Å². The van der Waals surface area contributed by atoms with E-state index in [9.17, 15) is 0 Å². The molecular formula is C17H28N2O. The Morgan fingerprint density at radius 2 is 1.95 bits per heavy atom. The van der Waals surface area contributed by atoms with Crippen LogP contribution in [0.1, 0.15) is 52.9 Å². The molecule has 0 amide bonds. The van der Waals surface area contributed by atoms with Gasteiger partial charge in [-0.15, -0.1) is 0 Å². The van der Waals surface area contributed by atoms with Crippen molar-refractivity contribution in [2.75, 3.05) is 23.7 Å². The first kappa shape index (κ1) is 15.0. The largest absolute Gasteiger partial charge is 0.483 e. The molecule has 1 aromatic carbocycles. The molecule has 112 valence electrons. The third-order valence-electron chi connectivity index (χ3n) is 4.45. The SMILES string of the molecule is CCCCCN1CC(CC)(CC)Oc2ccc(N)cc21. The number of rotatable bonds is 6. The van der Waals surface area contributed by atoms with Crippen LogP contribution in [0.4, 0.5) is 11.4 Å². The number of nitrogens with zero attached hydrogens (tertiary/aromatic N) is 1. The lowest BCUT2D eigenvalue weighted by Gasteiger charge is -2.44. The Labute approximate surface area is 123 Å². The highest BCUT2D eigenvalue weighted by Gasteiger charge is 2.36. The summed E-state index contributed by atoms with van der Waals surface area (Å²) < 4.78 is 6.31. The van der Waals surface area contributed by atoms with E-state index in [0.717, 1.165) is 37.4 Å². The van der Waals surface area contributed by atoms with E-state index in [1.54, 1.807) is 0 Å². The van der Waals surface area contributed by atoms with E-state index < -0.39 is 0 Å². The zero-order valence-corrected chi connectivity index (χ0v) is 13.1. The van der Waals surface area contributed by atoms with Crippen molar-refractivity contribution in [3.05, 3.63) is 18.2 Å². The summed E-state index contributed by atoms with van der Waals surface area (Å²) in [7, 11) is 0. The Hall–Kier alpha value is -1.38. The Morgan fingerprint density at radius 1 is 1.20 bits per heavy atom. The molecule has 20 heavy (non-hydrogen) atoms. The Kier molecular flexibility index (Phi) is 4.79. The van der Waals surface area contributed by atoms with Crippen LogP contribution in [0.2, 0.25) is 0 Å². The number of ether oxygens (including phenoxy) is 1. The maximum Gasteiger partial charge on any atom is 0.143 e. The molecule has 1 heterocycles. The molecule has 0 unspecified atom stereocenters. The van der Waals surface area contributed by atoms with Crippen molar-refractivity contribution in [1.29, 1.82) is 0 Å². The number of hydrogen-bond donors (Lipinski definition) is 1. The first-order valence-electron chi connectivity index (χ1n) is 7.97. The molecular weight excluding hydrogens is 248 g/mol. The van der Waals surface area contributed by atoms with Gasteiger partial charge in [0, 0.05) is 12.2 Å². The normalized spacial score (nSPS) is 16.6. The van der Waals surface area contributed by atoms with Crippen LogP contribution in [0.25, 0.3) is 0 Å². The van der Waals surface area contributed by atoms with E-state index in [1.165, 1.54) is 24.9 Å². The second kappa shape index (κ2) is 6.38. The smallest absolute Gasteiger partial charge is 0.143 e. The van der Waals surface area contributed by atoms with E-state index in [0.29, 0.717) is 0 Å². The molecule has 0 aromatic heterocycles. The molecule has 0 aliphatic carbocycles. The third-order valence-corrected chi connectivity index (χ3v) is 4.45. The first-order chi connectivity index (χ1) is 9.64. The molecule has 2 N–H and O–H groups in total. The average Bonchev–Trinajstić information content (AvgIpc) is 2.47. The molecule has 0 saturated heterocycles. The van der Waals surface area contributed by atoms with Gasteiger partial charge in [-0.3, -0.25) is 0 Å². The second-order valence-electron chi connectivity index (χ2n) is 5.85. The minimum atomic E-state index is -0.0463. The maximum atomic E-state index is 6.31. The molecule has 0 spiro atoms. The number of unbranched alkanes of at least 4 members (excludes halogenated alkanes) is 2. The summed E-state index contributed by atoms with van der Waals surface area (Å²) in [6, 6.07) is 6.01. The van der Waals surface area contributed by atoms with Crippen molar-refractivity contribution in [3.63, 3.8) is 0 Å². The highest BCUT2D eigenvalue weighted by molar-refractivity contribution is 5.66. The van der Waals surface area contributed by atoms with Crippen LogP contribution in [0.15, 0.2) is 18.2 Å². The predicted molar refractivity (Wildman–Crippen MR) is 86.5 cm³/mol. The van der Waals surface area contributed by atoms with Crippen molar-refractivity contribution in [3.8, 4) is 5.75 Å². The number of nitrogen functional groups attached to an aromatic ring is 1. The van der Waals surface area contributed by atoms with Crippen molar-refractivity contribution < 1.29 is 4.74 Å². The summed E-state index contributed by atoms with van der Waals surface area (Å²) in [6.45, 7) is 8.75. The lowest BCUT2D eigenvalue weighted by Crippen LogP contribution is -2.50. The van der Waals surface area contributed by atoms with Gasteiger partial charge in [-0.25, -0.2) is 0 Å². The highest BCUT2D eigenvalue weighted by atomic mass is 16.5. The number of benzene rings is 1. The van der Waals surface area contributed by atoms with Gasteiger partial charge in [0.1, 0.15) is 11.4 Å². The second-order valence-corrected chi connectivity index (χ2v) is 5.85. The van der Waals surface area contributed by atoms with Crippen LogP contribution < -0.4 is 15.4 Å². The van der Waals surface area contributed by atoms with Gasteiger partial charge in [0.05, 0.1) is 12.2 Å². The molecule has 0 radical (unpaired) electrons. The van der Waals surface area contributed by atoms with Crippen molar-refractivity contribution in [2.45, 2.75) is 58.5 Å². The van der Waals surface area contributed by atoms with Gasteiger partial charge in [0.2, 0.25) is 0 Å². The van der Waals surface area contributed by atoms with Crippen LogP contribution in [0.3, 0.4) is 0 Å². The van der Waals surface area contributed by atoms with Crippen LogP contribution in [0.5, 0.6) is 5.75 Å². The molecule has 0 atom stereocenters. The van der Waals surface area contributed by atoms with Crippen LogP contribution >= 0.6 is 0 Å². The number of nitrogens with two attached hydrogens (primary N) is 1. The summed E-state index contributed by atoms with van der Waals surface area (Å²) >= 11 is 0. The summed E-state index contributed by atoms with van der Waals surface area (Å²) in [5, 5.41) is 0. The Bertz CT molecular complexity index is 441. The monoisotopic (exact) mass is 276 g/mol. The van der Waals surface area contributed by atoms with Gasteiger partial charge in [0.15, 0.2) is 0 Å². The highest BCUT2D eigenvalue weighted by Crippen LogP contribution is 2.40. The fourth-order valence-corrected chi connectivity index (χ4v) is 2.94. The standard InChI is InChI=1S/C17H28N2O/c1-4-7-8-11-19-13-17(5-2,6-3)20-16-10-9-14(18)12-15(16)19/h9-10,12H,4-8,11,13,18H2,1-3H3. The number of fused-ring (bicyclic) bond motifs is 1. The minimum Gasteiger partial charge on any atom is -0.483 e. The van der Waals surface area contributed by atoms with E-state index in [1.807, 2.05) is 12.1 Å². The van der Waals surface area contributed by atoms with Crippen LogP contribution in [-0.2, 0) is 0 Å². The molecule has 0 bridgehead atoms. The average molecular weight is 276 g/mol. The molecule has 3 nitrogen and oxygen atoms in total. The van der Waals surface area contributed by atoms with Crippen molar-refractivity contribution in [1.82, 2.24) is 0 Å². The predicted octanol–water partition coefficient (Wildman–Crippen LogP) is 4.22. The topological polar surface area (TPSA) is 38.5 Å². The van der Waals surface area contributed by atoms with E-state index in [2.05, 4.69) is 31.7 Å². The zero-order chi connectivity index (χ0) is 14.6. The minimum absolute atomic E-state index is 0.0463. The number of anilines is 2. The van der Waals surface area contributed by atoms with Gasteiger partial charge in [-0.05, 0) is 37.5 Å². The summed E-state index contributed by atoms with van der Waals surface area (Å²) in [6.07, 6.45) is 5.84. The van der Waals surface area contributed by atoms with Gasteiger partial charge >= 0.3 is 0 Å². The van der Waals surface area contributed by atoms with E-state index in [-0.39, 0.29) is 5.60 Å². The van der Waals surface area contributed by atoms with Gasteiger partial charge in [-0.2, -0.15) is 0 Å². The molecule has 1 aromatic rings. The quantitative estimate of drug-likeness (QED) is 0.624. The third kappa shape index (κ3) is 3.02. The first-order valence-corrected chi connectivity index (χ1v) is 7.97. The van der Waals surface area contributed by atoms with E-state index >= 15 is 0 Å². The zero-order valence-electron chi connectivity index (χ0n) is 13.1. The van der Waals surface area contributed by atoms with Gasteiger partial charge < -0.3 is 15.4 Å². The van der Waals surface area contributed by atoms with E-state index in [4.69, 9.17) is 10.5 Å². The van der Waals surface area contributed by atoms with Crippen molar-refractivity contribution in [2.24, 2.45) is 0 Å². The van der Waals surface area contributed by atoms with Crippen molar-refractivity contribution >= 4 is 11.4 Å². The molecule has 0 saturated carbocycles. The Morgan fingerprint density at radius 3 is 2.60 bits per heavy atom. The maximum absolute atomic E-state index is 6.31. The molecule has 1 aliphatic heterocycles. The summed E-state index contributed by atoms with van der Waals surface area (Å²) in [5.74, 6) is 0.991. The fraction of sp³-hybridized carbons (Fsp3) is 0.647. The number of hydrogen-bond acceptors (Lipinski definition) is 3. The molecule has 3 heteroatoms. The lowest BCUT2D eigenvalue weighted by atomic mass is 9.93. The molecule has 2 rings (SSSR count). The van der Waals surface area contributed by atoms with Gasteiger partial charge in [-0.1, -0.05) is 33.6 Å². The summed E-state index contributed by atoms with van der Waals surface area (Å²) in [5.41, 5.74) is 7.88. The van der Waals surface area contributed by atoms with Crippen LogP contribution in [-0.4, -0.2) is 18.7 Å².